The second-order valence-electron chi connectivity index (χ2n) is 7.33. The molecule has 2 fully saturated rings. The van der Waals surface area contributed by atoms with Gasteiger partial charge >= 0.3 is 0 Å². The third-order valence-corrected chi connectivity index (χ3v) is 6.50. The number of carbonyl (C=O) groups excluding carboxylic acids is 1. The molecular weight excluding hydrogens is 381 g/mol. The lowest BCUT2D eigenvalue weighted by molar-refractivity contribution is 0.0937. The van der Waals surface area contributed by atoms with Gasteiger partial charge in [0.15, 0.2) is 0 Å². The summed E-state index contributed by atoms with van der Waals surface area (Å²) in [5, 5.41) is 3.00. The van der Waals surface area contributed by atoms with Crippen molar-refractivity contribution in [3.8, 4) is 0 Å². The van der Waals surface area contributed by atoms with E-state index in [0.29, 0.717) is 11.6 Å². The minimum absolute atomic E-state index is 0.0181. The molecular formula is C20H22FN3O3S. The van der Waals surface area contributed by atoms with Crippen LogP contribution in [0.1, 0.15) is 29.6 Å². The van der Waals surface area contributed by atoms with Gasteiger partial charge < -0.3 is 5.32 Å². The van der Waals surface area contributed by atoms with Crippen molar-refractivity contribution in [3.05, 3.63) is 59.9 Å². The molecule has 1 aliphatic carbocycles. The minimum atomic E-state index is -3.88. The molecule has 1 aliphatic heterocycles. The first-order valence-electron chi connectivity index (χ1n) is 9.34. The average molecular weight is 403 g/mol. The van der Waals surface area contributed by atoms with Crippen molar-refractivity contribution in [2.24, 2.45) is 0 Å². The van der Waals surface area contributed by atoms with Gasteiger partial charge in [-0.1, -0.05) is 6.07 Å². The highest BCUT2D eigenvalue weighted by Gasteiger charge is 2.34. The quantitative estimate of drug-likeness (QED) is 0.777. The molecule has 1 heterocycles. The van der Waals surface area contributed by atoms with E-state index in [1.165, 1.54) is 49.2 Å². The van der Waals surface area contributed by atoms with E-state index >= 15 is 0 Å². The largest absolute Gasteiger partial charge is 0.348 e. The Morgan fingerprint density at radius 2 is 1.82 bits per heavy atom. The minimum Gasteiger partial charge on any atom is -0.348 e. The number of nitrogens with one attached hydrogen (secondary N) is 2. The standard InChI is InChI=1S/C20H22FN3O3S/c21-15-4-6-16(7-5-15)23-28(26,27)19-3-1-2-14(12-19)20(25)22-17-10-11-24(13-17)18-8-9-18/h1-7,12,17-18,23H,8-11,13H2,(H,22,25). The molecule has 2 N–H and O–H groups in total. The van der Waals surface area contributed by atoms with Crippen LogP contribution in [0, 0.1) is 5.82 Å². The smallest absolute Gasteiger partial charge is 0.261 e. The number of halogens is 1. The van der Waals surface area contributed by atoms with Crippen molar-refractivity contribution < 1.29 is 17.6 Å². The highest BCUT2D eigenvalue weighted by atomic mass is 32.2. The lowest BCUT2D eigenvalue weighted by Crippen LogP contribution is -2.37. The van der Waals surface area contributed by atoms with E-state index in [9.17, 15) is 17.6 Å². The number of benzene rings is 2. The number of hydrogen-bond donors (Lipinski definition) is 2. The summed E-state index contributed by atoms with van der Waals surface area (Å²) in [7, 11) is -3.88. The van der Waals surface area contributed by atoms with Gasteiger partial charge in [0.25, 0.3) is 15.9 Å². The number of likely N-dealkylation sites (tertiary alicyclic amines) is 1. The van der Waals surface area contributed by atoms with E-state index in [2.05, 4.69) is 14.9 Å². The van der Waals surface area contributed by atoms with E-state index in [0.717, 1.165) is 19.5 Å². The Labute approximate surface area is 163 Å². The first-order chi connectivity index (χ1) is 13.4. The maximum Gasteiger partial charge on any atom is 0.261 e. The van der Waals surface area contributed by atoms with Gasteiger partial charge in [-0.2, -0.15) is 0 Å². The van der Waals surface area contributed by atoms with Crippen molar-refractivity contribution in [3.63, 3.8) is 0 Å². The summed E-state index contributed by atoms with van der Waals surface area (Å²) in [4.78, 5) is 15.0. The van der Waals surface area contributed by atoms with E-state index in [1.54, 1.807) is 12.1 Å². The molecule has 8 heteroatoms. The fourth-order valence-electron chi connectivity index (χ4n) is 3.48. The van der Waals surface area contributed by atoms with Crippen molar-refractivity contribution in [1.82, 2.24) is 10.2 Å². The van der Waals surface area contributed by atoms with Gasteiger partial charge in [0.05, 0.1) is 4.90 Å². The predicted molar refractivity (Wildman–Crippen MR) is 104 cm³/mol. The molecule has 1 saturated carbocycles. The highest BCUT2D eigenvalue weighted by molar-refractivity contribution is 7.92. The molecule has 2 aromatic rings. The molecule has 6 nitrogen and oxygen atoms in total. The summed E-state index contributed by atoms with van der Waals surface area (Å²) in [5.74, 6) is -0.727. The molecule has 1 unspecified atom stereocenters. The zero-order valence-corrected chi connectivity index (χ0v) is 16.1. The summed E-state index contributed by atoms with van der Waals surface area (Å²) in [6.45, 7) is 1.84. The second kappa shape index (κ2) is 7.52. The number of anilines is 1. The van der Waals surface area contributed by atoms with Crippen molar-refractivity contribution in [1.29, 1.82) is 0 Å². The molecule has 1 saturated heterocycles. The fourth-order valence-corrected chi connectivity index (χ4v) is 4.59. The molecule has 1 atom stereocenters. The number of amides is 1. The monoisotopic (exact) mass is 403 g/mol. The fraction of sp³-hybridized carbons (Fsp3) is 0.350. The number of hydrogen-bond acceptors (Lipinski definition) is 4. The Morgan fingerprint density at radius 1 is 1.07 bits per heavy atom. The number of nitrogens with zero attached hydrogens (tertiary/aromatic N) is 1. The van der Waals surface area contributed by atoms with Crippen LogP contribution in [-0.4, -0.2) is 44.4 Å². The topological polar surface area (TPSA) is 78.5 Å². The summed E-state index contributed by atoms with van der Waals surface area (Å²) in [6.07, 6.45) is 3.38. The van der Waals surface area contributed by atoms with Crippen LogP contribution in [0.4, 0.5) is 10.1 Å². The van der Waals surface area contributed by atoms with Crippen LogP contribution in [0.5, 0.6) is 0 Å². The van der Waals surface area contributed by atoms with Crippen LogP contribution in [0.15, 0.2) is 53.4 Å². The molecule has 2 aliphatic rings. The van der Waals surface area contributed by atoms with Gasteiger partial charge in [0.2, 0.25) is 0 Å². The molecule has 2 aromatic carbocycles. The van der Waals surface area contributed by atoms with Crippen LogP contribution < -0.4 is 10.0 Å². The maximum absolute atomic E-state index is 13.0. The van der Waals surface area contributed by atoms with Gasteiger partial charge in [-0.05, 0) is 61.7 Å². The van der Waals surface area contributed by atoms with Crippen LogP contribution >= 0.6 is 0 Å². The lowest BCUT2D eigenvalue weighted by atomic mass is 10.2. The van der Waals surface area contributed by atoms with Gasteiger partial charge in [0.1, 0.15) is 5.82 Å². The van der Waals surface area contributed by atoms with E-state index in [-0.39, 0.29) is 22.5 Å². The number of rotatable bonds is 6. The third kappa shape index (κ3) is 4.34. The first-order valence-corrected chi connectivity index (χ1v) is 10.8. The zero-order chi connectivity index (χ0) is 19.7. The Hall–Kier alpha value is -2.45. The number of carbonyl (C=O) groups is 1. The molecule has 4 rings (SSSR count). The second-order valence-corrected chi connectivity index (χ2v) is 9.01. The predicted octanol–water partition coefficient (Wildman–Crippen LogP) is 2.59. The molecule has 0 spiro atoms. The first kappa shape index (κ1) is 18.9. The molecule has 148 valence electrons. The summed E-state index contributed by atoms with van der Waals surface area (Å²) < 4.78 is 40.6. The van der Waals surface area contributed by atoms with Gasteiger partial charge in [0, 0.05) is 36.4 Å². The zero-order valence-electron chi connectivity index (χ0n) is 15.3. The number of sulfonamides is 1. The molecule has 1 amide bonds. The molecule has 0 radical (unpaired) electrons. The molecule has 0 bridgehead atoms. The van der Waals surface area contributed by atoms with Crippen LogP contribution in [0.25, 0.3) is 0 Å². The highest BCUT2D eigenvalue weighted by Crippen LogP contribution is 2.29. The molecule has 28 heavy (non-hydrogen) atoms. The SMILES string of the molecule is O=C(NC1CCN(C2CC2)C1)c1cccc(S(=O)(=O)Nc2ccc(F)cc2)c1. The van der Waals surface area contributed by atoms with Crippen LogP contribution in [0.2, 0.25) is 0 Å². The van der Waals surface area contributed by atoms with E-state index in [1.807, 2.05) is 0 Å². The molecule has 0 aromatic heterocycles. The Morgan fingerprint density at radius 3 is 2.54 bits per heavy atom. The summed E-state index contributed by atoms with van der Waals surface area (Å²) in [5.41, 5.74) is 0.550. The summed E-state index contributed by atoms with van der Waals surface area (Å²) in [6, 6.07) is 11.7. The van der Waals surface area contributed by atoms with Crippen molar-refractivity contribution in [2.75, 3.05) is 17.8 Å². The van der Waals surface area contributed by atoms with Crippen LogP contribution in [-0.2, 0) is 10.0 Å². The average Bonchev–Trinajstić information content (AvgIpc) is 3.43. The van der Waals surface area contributed by atoms with E-state index in [4.69, 9.17) is 0 Å². The summed E-state index contributed by atoms with van der Waals surface area (Å²) >= 11 is 0. The Kier molecular flexibility index (Phi) is 5.07. The van der Waals surface area contributed by atoms with Gasteiger partial charge in [-0.25, -0.2) is 12.8 Å². The Bertz CT molecular complexity index is 974. The van der Waals surface area contributed by atoms with Crippen LogP contribution in [0.3, 0.4) is 0 Å². The van der Waals surface area contributed by atoms with Gasteiger partial charge in [-0.15, -0.1) is 0 Å². The normalized spacial score (nSPS) is 20.1. The van der Waals surface area contributed by atoms with Gasteiger partial charge in [-0.3, -0.25) is 14.4 Å². The van der Waals surface area contributed by atoms with Crippen molar-refractivity contribution >= 4 is 21.6 Å². The van der Waals surface area contributed by atoms with Crippen molar-refractivity contribution in [2.45, 2.75) is 36.2 Å². The lowest BCUT2D eigenvalue weighted by Gasteiger charge is -2.16. The Balaban J connectivity index is 1.44. The third-order valence-electron chi connectivity index (χ3n) is 5.12. The maximum atomic E-state index is 13.0. The van der Waals surface area contributed by atoms with E-state index < -0.39 is 15.8 Å².